The molecule has 2 rings (SSSR count). The van der Waals surface area contributed by atoms with Crippen LogP contribution in [-0.2, 0) is 0 Å². The Morgan fingerprint density at radius 2 is 2.00 bits per heavy atom. The number of rotatable bonds is 1. The van der Waals surface area contributed by atoms with Crippen molar-refractivity contribution < 1.29 is 0 Å². The molecule has 0 radical (unpaired) electrons. The maximum absolute atomic E-state index is 6.03. The molecule has 0 saturated heterocycles. The summed E-state index contributed by atoms with van der Waals surface area (Å²) in [7, 11) is 0. The lowest BCUT2D eigenvalue weighted by Gasteiger charge is -2.01. The number of halogens is 1. The predicted molar refractivity (Wildman–Crippen MR) is 53.2 cm³/mol. The molecule has 0 aromatic heterocycles. The molecule has 0 spiro atoms. The first-order chi connectivity index (χ1) is 5.88. The first-order valence-corrected chi connectivity index (χ1v) is 4.37. The van der Waals surface area contributed by atoms with E-state index in [1.165, 1.54) is 5.57 Å². The van der Waals surface area contributed by atoms with E-state index in [9.17, 15) is 0 Å². The van der Waals surface area contributed by atoms with Gasteiger partial charge in [0, 0.05) is 5.02 Å². The van der Waals surface area contributed by atoms with Gasteiger partial charge in [-0.3, -0.25) is 0 Å². The van der Waals surface area contributed by atoms with Crippen LogP contribution in [0.4, 0.5) is 0 Å². The molecule has 0 aliphatic heterocycles. The fourth-order valence-corrected chi connectivity index (χ4v) is 1.60. The van der Waals surface area contributed by atoms with E-state index in [1.54, 1.807) is 0 Å². The lowest BCUT2D eigenvalue weighted by Crippen LogP contribution is -1.79. The zero-order valence-electron chi connectivity index (χ0n) is 6.63. The van der Waals surface area contributed by atoms with Crippen LogP contribution in [0.1, 0.15) is 12.0 Å². The van der Waals surface area contributed by atoms with Crippen LogP contribution in [0.3, 0.4) is 0 Å². The molecule has 1 heteroatoms. The van der Waals surface area contributed by atoms with E-state index in [0.29, 0.717) is 0 Å². The topological polar surface area (TPSA) is 0 Å². The largest absolute Gasteiger partial charge is 0.0837 e. The highest BCUT2D eigenvalue weighted by Gasteiger charge is 2.04. The fourth-order valence-electron chi connectivity index (χ4n) is 1.35. The van der Waals surface area contributed by atoms with Gasteiger partial charge >= 0.3 is 0 Å². The SMILES string of the molecule is Clc1ccccc1C1=CCC=C1. The molecule has 0 nitrogen and oxygen atoms in total. The summed E-state index contributed by atoms with van der Waals surface area (Å²) in [6, 6.07) is 7.92. The Morgan fingerprint density at radius 3 is 2.67 bits per heavy atom. The highest BCUT2D eigenvalue weighted by Crippen LogP contribution is 2.27. The molecule has 60 valence electrons. The van der Waals surface area contributed by atoms with Crippen LogP contribution >= 0.6 is 11.6 Å². The van der Waals surface area contributed by atoms with Crippen LogP contribution in [0.25, 0.3) is 5.57 Å². The van der Waals surface area contributed by atoms with E-state index in [0.717, 1.165) is 17.0 Å². The fraction of sp³-hybridized carbons (Fsp3) is 0.0909. The standard InChI is InChI=1S/C11H9Cl/c12-11-8-4-3-7-10(11)9-5-1-2-6-9/h1,3-8H,2H2. The molecule has 0 unspecified atom stereocenters. The van der Waals surface area contributed by atoms with Crippen LogP contribution in [0, 0.1) is 0 Å². The smallest absolute Gasteiger partial charge is 0.0484 e. The van der Waals surface area contributed by atoms with E-state index in [-0.39, 0.29) is 0 Å². The second-order valence-electron chi connectivity index (χ2n) is 2.78. The van der Waals surface area contributed by atoms with Crippen LogP contribution in [0.15, 0.2) is 42.5 Å². The van der Waals surface area contributed by atoms with Crippen molar-refractivity contribution in [3.8, 4) is 0 Å². The average Bonchev–Trinajstić information content (AvgIpc) is 2.57. The number of hydrogen-bond donors (Lipinski definition) is 0. The second kappa shape index (κ2) is 3.16. The van der Waals surface area contributed by atoms with Crippen LogP contribution < -0.4 is 0 Å². The Bertz CT molecular complexity index is 348. The van der Waals surface area contributed by atoms with E-state index >= 15 is 0 Å². The van der Waals surface area contributed by atoms with Gasteiger partial charge in [0.2, 0.25) is 0 Å². The zero-order valence-corrected chi connectivity index (χ0v) is 7.38. The van der Waals surface area contributed by atoms with E-state index < -0.39 is 0 Å². The molecular weight excluding hydrogens is 168 g/mol. The van der Waals surface area contributed by atoms with Crippen molar-refractivity contribution in [3.63, 3.8) is 0 Å². The van der Waals surface area contributed by atoms with Gasteiger partial charge in [-0.2, -0.15) is 0 Å². The highest BCUT2D eigenvalue weighted by atomic mass is 35.5. The lowest BCUT2D eigenvalue weighted by atomic mass is 10.1. The van der Waals surface area contributed by atoms with Crippen molar-refractivity contribution >= 4 is 17.2 Å². The van der Waals surface area contributed by atoms with E-state index in [4.69, 9.17) is 11.6 Å². The number of hydrogen-bond acceptors (Lipinski definition) is 0. The van der Waals surface area contributed by atoms with Gasteiger partial charge in [0.05, 0.1) is 0 Å². The van der Waals surface area contributed by atoms with E-state index in [2.05, 4.69) is 18.2 Å². The molecule has 1 aromatic rings. The van der Waals surface area contributed by atoms with Gasteiger partial charge in [0.25, 0.3) is 0 Å². The maximum atomic E-state index is 6.03. The Balaban J connectivity index is 2.46. The van der Waals surface area contributed by atoms with Crippen molar-refractivity contribution in [1.82, 2.24) is 0 Å². The quantitative estimate of drug-likeness (QED) is 0.613. The molecule has 1 aromatic carbocycles. The van der Waals surface area contributed by atoms with Crippen LogP contribution in [0.2, 0.25) is 5.02 Å². The summed E-state index contributed by atoms with van der Waals surface area (Å²) in [6.07, 6.45) is 7.46. The molecule has 0 amide bonds. The van der Waals surface area contributed by atoms with Gasteiger partial charge in [-0.25, -0.2) is 0 Å². The minimum atomic E-state index is 0.829. The third-order valence-corrected chi connectivity index (χ3v) is 2.29. The summed E-state index contributed by atoms with van der Waals surface area (Å²) in [5.41, 5.74) is 2.37. The lowest BCUT2D eigenvalue weighted by molar-refractivity contribution is 1.45. The molecular formula is C11H9Cl. The maximum Gasteiger partial charge on any atom is 0.0484 e. The molecule has 0 heterocycles. The van der Waals surface area contributed by atoms with Gasteiger partial charge in [-0.05, 0) is 23.6 Å². The molecule has 1 aliphatic rings. The van der Waals surface area contributed by atoms with Gasteiger partial charge in [-0.15, -0.1) is 0 Å². The normalized spacial score (nSPS) is 14.9. The Morgan fingerprint density at radius 1 is 1.17 bits per heavy atom. The Labute approximate surface area is 77.2 Å². The highest BCUT2D eigenvalue weighted by molar-refractivity contribution is 6.32. The monoisotopic (exact) mass is 176 g/mol. The molecule has 0 fully saturated rings. The molecule has 0 saturated carbocycles. The summed E-state index contributed by atoms with van der Waals surface area (Å²) in [6.45, 7) is 0. The molecule has 0 bridgehead atoms. The van der Waals surface area contributed by atoms with Crippen molar-refractivity contribution in [2.24, 2.45) is 0 Å². The molecule has 12 heavy (non-hydrogen) atoms. The van der Waals surface area contributed by atoms with Gasteiger partial charge < -0.3 is 0 Å². The summed E-state index contributed by atoms with van der Waals surface area (Å²) in [5.74, 6) is 0. The summed E-state index contributed by atoms with van der Waals surface area (Å²) >= 11 is 6.03. The summed E-state index contributed by atoms with van der Waals surface area (Å²) in [4.78, 5) is 0. The van der Waals surface area contributed by atoms with Crippen molar-refractivity contribution in [1.29, 1.82) is 0 Å². The minimum absolute atomic E-state index is 0.829. The molecule has 0 atom stereocenters. The second-order valence-corrected chi connectivity index (χ2v) is 3.18. The Kier molecular flexibility index (Phi) is 2.01. The predicted octanol–water partition coefficient (Wildman–Crippen LogP) is 3.68. The zero-order chi connectivity index (χ0) is 8.39. The van der Waals surface area contributed by atoms with Gasteiger partial charge in [0.15, 0.2) is 0 Å². The minimum Gasteiger partial charge on any atom is -0.0837 e. The average molecular weight is 177 g/mol. The molecule has 0 N–H and O–H groups in total. The van der Waals surface area contributed by atoms with Crippen molar-refractivity contribution in [2.75, 3.05) is 0 Å². The van der Waals surface area contributed by atoms with Crippen LogP contribution in [0.5, 0.6) is 0 Å². The summed E-state index contributed by atoms with van der Waals surface area (Å²) < 4.78 is 0. The first-order valence-electron chi connectivity index (χ1n) is 3.99. The molecule has 1 aliphatic carbocycles. The third-order valence-electron chi connectivity index (χ3n) is 1.96. The van der Waals surface area contributed by atoms with Crippen molar-refractivity contribution in [3.05, 3.63) is 53.1 Å². The first kappa shape index (κ1) is 7.63. The van der Waals surface area contributed by atoms with Gasteiger partial charge in [0.1, 0.15) is 0 Å². The Hall–Kier alpha value is -1.01. The number of benzene rings is 1. The van der Waals surface area contributed by atoms with Gasteiger partial charge in [-0.1, -0.05) is 48.0 Å². The summed E-state index contributed by atoms with van der Waals surface area (Å²) in [5, 5.41) is 0.829. The van der Waals surface area contributed by atoms with Crippen LogP contribution in [-0.4, -0.2) is 0 Å². The van der Waals surface area contributed by atoms with E-state index in [1.807, 2.05) is 24.3 Å². The third kappa shape index (κ3) is 1.30. The van der Waals surface area contributed by atoms with Crippen molar-refractivity contribution in [2.45, 2.75) is 6.42 Å². The number of allylic oxidation sites excluding steroid dienone is 4.